The Kier molecular flexibility index (Phi) is 4.66. The summed E-state index contributed by atoms with van der Waals surface area (Å²) in [4.78, 5) is 12.8. The Hall–Kier alpha value is -2.73. The molecule has 0 unspecified atom stereocenters. The average molecular weight is 369 g/mol. The fraction of sp³-hybridized carbons (Fsp3) is 0.381. The highest BCUT2D eigenvalue weighted by Crippen LogP contribution is 2.40. The number of phenols is 1. The van der Waals surface area contributed by atoms with Gasteiger partial charge in [0.1, 0.15) is 5.75 Å². The van der Waals surface area contributed by atoms with Gasteiger partial charge in [-0.25, -0.2) is 0 Å². The van der Waals surface area contributed by atoms with E-state index in [-0.39, 0.29) is 29.7 Å². The van der Waals surface area contributed by atoms with E-state index >= 15 is 0 Å². The number of fused-ring (bicyclic) bond motifs is 1. The number of methoxy groups -OCH3 is 1. The van der Waals surface area contributed by atoms with Crippen LogP contribution in [0.25, 0.3) is 0 Å². The van der Waals surface area contributed by atoms with Crippen LogP contribution in [-0.2, 0) is 6.42 Å². The molecule has 27 heavy (non-hydrogen) atoms. The minimum atomic E-state index is -0.308. The van der Waals surface area contributed by atoms with Crippen molar-refractivity contribution in [2.45, 2.75) is 31.4 Å². The van der Waals surface area contributed by atoms with E-state index in [9.17, 15) is 15.0 Å². The van der Waals surface area contributed by atoms with Gasteiger partial charge in [-0.3, -0.25) is 4.79 Å². The summed E-state index contributed by atoms with van der Waals surface area (Å²) in [6, 6.07) is 10.4. The number of hydrogen-bond donors (Lipinski definition) is 3. The van der Waals surface area contributed by atoms with Crippen molar-refractivity contribution in [2.24, 2.45) is 5.92 Å². The molecule has 1 heterocycles. The smallest absolute Gasteiger partial charge is 0.251 e. The number of phenolic OH excluding ortho intramolecular Hbond substituents is 1. The molecule has 4 rings (SSSR count). The summed E-state index contributed by atoms with van der Waals surface area (Å²) in [6.07, 6.45) is 1.87. The number of rotatable bonds is 5. The topological polar surface area (TPSA) is 88.0 Å². The molecule has 1 fully saturated rings. The first-order valence-electron chi connectivity index (χ1n) is 9.16. The number of amides is 1. The predicted molar refractivity (Wildman–Crippen MR) is 99.2 cm³/mol. The van der Waals surface area contributed by atoms with Crippen LogP contribution in [0.15, 0.2) is 36.4 Å². The Bertz CT molecular complexity index is 860. The molecule has 1 atom stereocenters. The molecular formula is C21H23NO5. The van der Waals surface area contributed by atoms with Crippen LogP contribution in [0.1, 0.15) is 40.4 Å². The number of ether oxygens (including phenoxy) is 2. The SMILES string of the molecule is COc1ccc(C(=O)N[C@H](c2ccc3c(c2)CCO3)C2CC(O)C2)cc1O. The van der Waals surface area contributed by atoms with Gasteiger partial charge in [-0.05, 0) is 60.2 Å². The van der Waals surface area contributed by atoms with Crippen molar-refractivity contribution in [2.75, 3.05) is 13.7 Å². The first-order valence-corrected chi connectivity index (χ1v) is 9.16. The molecule has 1 aliphatic carbocycles. The maximum absolute atomic E-state index is 12.8. The largest absolute Gasteiger partial charge is 0.504 e. The average Bonchev–Trinajstić information content (AvgIpc) is 3.11. The molecule has 2 aromatic rings. The van der Waals surface area contributed by atoms with Gasteiger partial charge in [0.25, 0.3) is 5.91 Å². The number of carbonyl (C=O) groups excluding carboxylic acids is 1. The van der Waals surface area contributed by atoms with Crippen LogP contribution in [0, 0.1) is 5.92 Å². The summed E-state index contributed by atoms with van der Waals surface area (Å²) in [6.45, 7) is 0.684. The summed E-state index contributed by atoms with van der Waals surface area (Å²) in [7, 11) is 1.46. The van der Waals surface area contributed by atoms with Gasteiger partial charge in [0.05, 0.1) is 25.9 Å². The third-order valence-electron chi connectivity index (χ3n) is 5.42. The van der Waals surface area contributed by atoms with Gasteiger partial charge >= 0.3 is 0 Å². The molecule has 1 amide bonds. The lowest BCUT2D eigenvalue weighted by Gasteiger charge is -2.38. The lowest BCUT2D eigenvalue weighted by molar-refractivity contribution is 0.0235. The van der Waals surface area contributed by atoms with E-state index in [1.807, 2.05) is 12.1 Å². The van der Waals surface area contributed by atoms with Crippen molar-refractivity contribution in [1.82, 2.24) is 5.32 Å². The molecule has 1 aliphatic heterocycles. The summed E-state index contributed by atoms with van der Waals surface area (Å²) < 4.78 is 10.6. The number of aliphatic hydroxyl groups is 1. The fourth-order valence-electron chi connectivity index (χ4n) is 3.83. The van der Waals surface area contributed by atoms with Crippen molar-refractivity contribution in [3.8, 4) is 17.2 Å². The van der Waals surface area contributed by atoms with Gasteiger partial charge in [-0.2, -0.15) is 0 Å². The van der Waals surface area contributed by atoms with Crippen LogP contribution in [0.2, 0.25) is 0 Å². The van der Waals surface area contributed by atoms with Crippen LogP contribution in [-0.4, -0.2) is 35.9 Å². The summed E-state index contributed by atoms with van der Waals surface area (Å²) in [5.74, 6) is 1.06. The number of aliphatic hydroxyl groups excluding tert-OH is 1. The van der Waals surface area contributed by atoms with Crippen molar-refractivity contribution in [1.29, 1.82) is 0 Å². The molecule has 3 N–H and O–H groups in total. The van der Waals surface area contributed by atoms with Crippen molar-refractivity contribution in [3.05, 3.63) is 53.1 Å². The second kappa shape index (κ2) is 7.12. The fourth-order valence-corrected chi connectivity index (χ4v) is 3.83. The van der Waals surface area contributed by atoms with Crippen molar-refractivity contribution < 1.29 is 24.5 Å². The number of benzene rings is 2. The third-order valence-corrected chi connectivity index (χ3v) is 5.42. The number of aromatic hydroxyl groups is 1. The quantitative estimate of drug-likeness (QED) is 0.754. The van der Waals surface area contributed by atoms with E-state index in [1.54, 1.807) is 12.1 Å². The highest BCUT2D eigenvalue weighted by molar-refractivity contribution is 5.95. The molecule has 0 aromatic heterocycles. The minimum absolute atomic E-state index is 0.0737. The summed E-state index contributed by atoms with van der Waals surface area (Å²) in [5.41, 5.74) is 2.53. The lowest BCUT2D eigenvalue weighted by Crippen LogP contribution is -2.41. The van der Waals surface area contributed by atoms with E-state index in [1.165, 1.54) is 13.2 Å². The minimum Gasteiger partial charge on any atom is -0.504 e. The maximum Gasteiger partial charge on any atom is 0.251 e. The Morgan fingerprint density at radius 3 is 2.78 bits per heavy atom. The first kappa shape index (κ1) is 17.7. The van der Waals surface area contributed by atoms with E-state index < -0.39 is 0 Å². The second-order valence-electron chi connectivity index (χ2n) is 7.19. The summed E-state index contributed by atoms with van der Waals surface area (Å²) in [5, 5.41) is 22.8. The summed E-state index contributed by atoms with van der Waals surface area (Å²) >= 11 is 0. The molecule has 6 heteroatoms. The molecule has 6 nitrogen and oxygen atoms in total. The van der Waals surface area contributed by atoms with Gasteiger partial charge in [0.15, 0.2) is 11.5 Å². The van der Waals surface area contributed by atoms with E-state index in [0.717, 1.165) is 23.3 Å². The molecule has 2 aromatic carbocycles. The molecule has 0 spiro atoms. The zero-order chi connectivity index (χ0) is 19.0. The van der Waals surface area contributed by atoms with Gasteiger partial charge in [0.2, 0.25) is 0 Å². The Labute approximate surface area is 157 Å². The van der Waals surface area contributed by atoms with E-state index in [0.29, 0.717) is 30.8 Å². The van der Waals surface area contributed by atoms with Crippen LogP contribution >= 0.6 is 0 Å². The van der Waals surface area contributed by atoms with Crippen LogP contribution in [0.3, 0.4) is 0 Å². The van der Waals surface area contributed by atoms with E-state index in [2.05, 4.69) is 11.4 Å². The predicted octanol–water partition coefficient (Wildman–Crippen LogP) is 2.58. The third kappa shape index (κ3) is 3.45. The van der Waals surface area contributed by atoms with Crippen LogP contribution in [0.5, 0.6) is 17.2 Å². The molecule has 2 aliphatic rings. The van der Waals surface area contributed by atoms with Crippen molar-refractivity contribution >= 4 is 5.91 Å². The lowest BCUT2D eigenvalue weighted by atomic mass is 9.74. The van der Waals surface area contributed by atoms with Crippen molar-refractivity contribution in [3.63, 3.8) is 0 Å². The number of nitrogens with one attached hydrogen (secondary N) is 1. The molecule has 0 saturated heterocycles. The van der Waals surface area contributed by atoms with Gasteiger partial charge in [-0.1, -0.05) is 6.07 Å². The van der Waals surface area contributed by atoms with Gasteiger partial charge in [-0.15, -0.1) is 0 Å². The normalized spacial score (nSPS) is 21.6. The highest BCUT2D eigenvalue weighted by atomic mass is 16.5. The zero-order valence-corrected chi connectivity index (χ0v) is 15.1. The molecule has 142 valence electrons. The van der Waals surface area contributed by atoms with E-state index in [4.69, 9.17) is 9.47 Å². The molecule has 0 radical (unpaired) electrons. The maximum atomic E-state index is 12.8. The number of carbonyl (C=O) groups is 1. The second-order valence-corrected chi connectivity index (χ2v) is 7.19. The Morgan fingerprint density at radius 2 is 2.07 bits per heavy atom. The molecule has 0 bridgehead atoms. The standard InChI is InChI=1S/C21H23NO5/c1-26-19-5-3-14(11-17(19)24)21(25)22-20(15-9-16(23)10-15)13-2-4-18-12(8-13)6-7-27-18/h2-5,8,11,15-16,20,23-24H,6-7,9-10H2,1H3,(H,22,25)/t15?,16?,20-/m1/s1. The first-order chi connectivity index (χ1) is 13.0. The monoisotopic (exact) mass is 369 g/mol. The molecule has 1 saturated carbocycles. The van der Waals surface area contributed by atoms with Crippen LogP contribution in [0.4, 0.5) is 0 Å². The Balaban J connectivity index is 1.58. The highest BCUT2D eigenvalue weighted by Gasteiger charge is 2.36. The zero-order valence-electron chi connectivity index (χ0n) is 15.1. The Morgan fingerprint density at radius 1 is 1.26 bits per heavy atom. The van der Waals surface area contributed by atoms with Gasteiger partial charge in [0, 0.05) is 12.0 Å². The van der Waals surface area contributed by atoms with Gasteiger partial charge < -0.3 is 25.0 Å². The van der Waals surface area contributed by atoms with Crippen LogP contribution < -0.4 is 14.8 Å². The number of hydrogen-bond acceptors (Lipinski definition) is 5. The molecular weight excluding hydrogens is 346 g/mol.